The molecule has 0 spiro atoms. The standard InChI is InChI=1S/C12H10BrClN2OS/c13-9-3-4-18-11(9)6-16-7-1-2-10(14)8(5-7)12(15)17/h1-5,16H,6H2,(H2,15,17). The summed E-state index contributed by atoms with van der Waals surface area (Å²) in [5, 5.41) is 5.60. The van der Waals surface area contributed by atoms with E-state index in [4.69, 9.17) is 17.3 Å². The molecule has 0 saturated heterocycles. The summed E-state index contributed by atoms with van der Waals surface area (Å²) in [4.78, 5) is 12.4. The number of carbonyl (C=O) groups is 1. The highest BCUT2D eigenvalue weighted by Gasteiger charge is 2.08. The molecule has 0 fully saturated rings. The number of nitrogens with two attached hydrogens (primary N) is 1. The molecule has 1 aromatic carbocycles. The predicted octanol–water partition coefficient (Wildman–Crippen LogP) is 3.88. The number of nitrogens with one attached hydrogen (secondary N) is 1. The molecule has 1 heterocycles. The fraction of sp³-hybridized carbons (Fsp3) is 0.0833. The van der Waals surface area contributed by atoms with Crippen molar-refractivity contribution in [2.24, 2.45) is 5.73 Å². The molecule has 0 atom stereocenters. The lowest BCUT2D eigenvalue weighted by Crippen LogP contribution is -2.12. The van der Waals surface area contributed by atoms with Crippen LogP contribution in [0.25, 0.3) is 0 Å². The average molecular weight is 346 g/mol. The fourth-order valence-electron chi connectivity index (χ4n) is 1.46. The monoisotopic (exact) mass is 344 g/mol. The maximum atomic E-state index is 11.2. The molecule has 6 heteroatoms. The molecule has 1 aromatic heterocycles. The average Bonchev–Trinajstić information content (AvgIpc) is 2.73. The summed E-state index contributed by atoms with van der Waals surface area (Å²) < 4.78 is 1.07. The molecule has 0 radical (unpaired) electrons. The van der Waals surface area contributed by atoms with Crippen LogP contribution in [0.15, 0.2) is 34.1 Å². The van der Waals surface area contributed by atoms with Crippen molar-refractivity contribution in [3.63, 3.8) is 0 Å². The molecule has 3 N–H and O–H groups in total. The second kappa shape index (κ2) is 5.73. The van der Waals surface area contributed by atoms with Gasteiger partial charge in [-0.15, -0.1) is 11.3 Å². The lowest BCUT2D eigenvalue weighted by atomic mass is 10.2. The van der Waals surface area contributed by atoms with E-state index < -0.39 is 5.91 Å². The maximum Gasteiger partial charge on any atom is 0.250 e. The van der Waals surface area contributed by atoms with Crippen LogP contribution in [0, 0.1) is 0 Å². The number of thiophene rings is 1. The minimum Gasteiger partial charge on any atom is -0.380 e. The zero-order chi connectivity index (χ0) is 13.1. The van der Waals surface area contributed by atoms with Crippen molar-refractivity contribution < 1.29 is 4.79 Å². The molecule has 2 aromatic rings. The zero-order valence-corrected chi connectivity index (χ0v) is 12.4. The molecule has 2 rings (SSSR count). The van der Waals surface area contributed by atoms with Crippen molar-refractivity contribution in [1.82, 2.24) is 0 Å². The Kier molecular flexibility index (Phi) is 4.27. The number of anilines is 1. The van der Waals surface area contributed by atoms with E-state index in [-0.39, 0.29) is 0 Å². The van der Waals surface area contributed by atoms with E-state index in [0.29, 0.717) is 17.1 Å². The number of primary amides is 1. The third-order valence-electron chi connectivity index (χ3n) is 2.38. The highest BCUT2D eigenvalue weighted by molar-refractivity contribution is 9.10. The molecule has 0 aliphatic rings. The van der Waals surface area contributed by atoms with Crippen LogP contribution in [-0.4, -0.2) is 5.91 Å². The third kappa shape index (κ3) is 3.04. The Morgan fingerprint density at radius 2 is 2.22 bits per heavy atom. The Labute approximate surface area is 122 Å². The van der Waals surface area contributed by atoms with E-state index in [1.165, 1.54) is 4.88 Å². The number of halogens is 2. The van der Waals surface area contributed by atoms with Crippen molar-refractivity contribution >= 4 is 50.5 Å². The van der Waals surface area contributed by atoms with E-state index >= 15 is 0 Å². The molecule has 0 unspecified atom stereocenters. The molecule has 1 amide bonds. The highest BCUT2D eigenvalue weighted by atomic mass is 79.9. The van der Waals surface area contributed by atoms with Crippen LogP contribution in [0.3, 0.4) is 0 Å². The lowest BCUT2D eigenvalue weighted by molar-refractivity contribution is 0.100. The Hall–Kier alpha value is -1.04. The summed E-state index contributed by atoms with van der Waals surface area (Å²) in [6.45, 7) is 0.679. The van der Waals surface area contributed by atoms with Gasteiger partial charge < -0.3 is 11.1 Å². The Balaban J connectivity index is 2.13. The summed E-state index contributed by atoms with van der Waals surface area (Å²) in [5.41, 5.74) is 6.38. The zero-order valence-electron chi connectivity index (χ0n) is 9.24. The summed E-state index contributed by atoms with van der Waals surface area (Å²) in [5.74, 6) is -0.527. The maximum absolute atomic E-state index is 11.2. The van der Waals surface area contributed by atoms with E-state index in [9.17, 15) is 4.79 Å². The van der Waals surface area contributed by atoms with Gasteiger partial charge in [-0.05, 0) is 45.6 Å². The smallest absolute Gasteiger partial charge is 0.250 e. The summed E-state index contributed by atoms with van der Waals surface area (Å²) in [6, 6.07) is 7.13. The SMILES string of the molecule is NC(=O)c1cc(NCc2sccc2Br)ccc1Cl. The van der Waals surface area contributed by atoms with Crippen LogP contribution in [-0.2, 0) is 6.54 Å². The topological polar surface area (TPSA) is 55.1 Å². The first-order chi connectivity index (χ1) is 8.58. The van der Waals surface area contributed by atoms with Crippen LogP contribution in [0.1, 0.15) is 15.2 Å². The van der Waals surface area contributed by atoms with Gasteiger partial charge >= 0.3 is 0 Å². The van der Waals surface area contributed by atoms with Gasteiger partial charge in [-0.1, -0.05) is 11.6 Å². The Bertz CT molecular complexity index is 585. The van der Waals surface area contributed by atoms with Gasteiger partial charge in [0.1, 0.15) is 0 Å². The van der Waals surface area contributed by atoms with Gasteiger partial charge in [-0.3, -0.25) is 4.79 Å². The third-order valence-corrected chi connectivity index (χ3v) is 4.63. The molecule has 0 aliphatic heterocycles. The predicted molar refractivity (Wildman–Crippen MR) is 79.3 cm³/mol. The number of benzene rings is 1. The fourth-order valence-corrected chi connectivity index (χ4v) is 3.10. The van der Waals surface area contributed by atoms with E-state index in [1.807, 2.05) is 17.5 Å². The molecular weight excluding hydrogens is 336 g/mol. The molecule has 94 valence electrons. The molecule has 0 bridgehead atoms. The van der Waals surface area contributed by atoms with Gasteiger partial charge in [0, 0.05) is 15.0 Å². The second-order valence-corrected chi connectivity index (χ2v) is 5.87. The van der Waals surface area contributed by atoms with E-state index in [0.717, 1.165) is 10.2 Å². The van der Waals surface area contributed by atoms with Gasteiger partial charge in [-0.25, -0.2) is 0 Å². The Morgan fingerprint density at radius 3 is 2.83 bits per heavy atom. The van der Waals surface area contributed by atoms with Crippen molar-refractivity contribution in [3.8, 4) is 0 Å². The van der Waals surface area contributed by atoms with Crippen molar-refractivity contribution in [2.45, 2.75) is 6.54 Å². The first-order valence-corrected chi connectivity index (χ1v) is 7.18. The van der Waals surface area contributed by atoms with Crippen molar-refractivity contribution in [1.29, 1.82) is 0 Å². The van der Waals surface area contributed by atoms with Gasteiger partial charge in [-0.2, -0.15) is 0 Å². The van der Waals surface area contributed by atoms with E-state index in [1.54, 1.807) is 23.5 Å². The highest BCUT2D eigenvalue weighted by Crippen LogP contribution is 2.25. The lowest BCUT2D eigenvalue weighted by Gasteiger charge is -2.08. The first kappa shape index (κ1) is 13.4. The minimum atomic E-state index is -0.527. The summed E-state index contributed by atoms with van der Waals surface area (Å²) in [7, 11) is 0. The van der Waals surface area contributed by atoms with Crippen LogP contribution in [0.2, 0.25) is 5.02 Å². The van der Waals surface area contributed by atoms with Gasteiger partial charge in [0.15, 0.2) is 0 Å². The minimum absolute atomic E-state index is 0.326. The number of rotatable bonds is 4. The normalized spacial score (nSPS) is 10.3. The van der Waals surface area contributed by atoms with Gasteiger partial charge in [0.05, 0.1) is 17.1 Å². The van der Waals surface area contributed by atoms with E-state index in [2.05, 4.69) is 21.2 Å². The summed E-state index contributed by atoms with van der Waals surface area (Å²) in [6.07, 6.45) is 0. The number of carbonyl (C=O) groups excluding carboxylic acids is 1. The van der Waals surface area contributed by atoms with Gasteiger partial charge in [0.2, 0.25) is 5.91 Å². The molecular formula is C12H10BrClN2OS. The van der Waals surface area contributed by atoms with Crippen molar-refractivity contribution in [2.75, 3.05) is 5.32 Å². The Morgan fingerprint density at radius 1 is 1.44 bits per heavy atom. The first-order valence-electron chi connectivity index (χ1n) is 5.13. The molecule has 18 heavy (non-hydrogen) atoms. The van der Waals surface area contributed by atoms with Gasteiger partial charge in [0.25, 0.3) is 0 Å². The molecule has 3 nitrogen and oxygen atoms in total. The number of hydrogen-bond acceptors (Lipinski definition) is 3. The van der Waals surface area contributed by atoms with Crippen LogP contribution < -0.4 is 11.1 Å². The van der Waals surface area contributed by atoms with Crippen molar-refractivity contribution in [3.05, 3.63) is 49.6 Å². The number of amides is 1. The van der Waals surface area contributed by atoms with Crippen LogP contribution in [0.5, 0.6) is 0 Å². The van der Waals surface area contributed by atoms with Crippen LogP contribution in [0.4, 0.5) is 5.69 Å². The number of hydrogen-bond donors (Lipinski definition) is 2. The largest absolute Gasteiger partial charge is 0.380 e. The van der Waals surface area contributed by atoms with Crippen LogP contribution >= 0.6 is 38.9 Å². The second-order valence-electron chi connectivity index (χ2n) is 3.60. The quantitative estimate of drug-likeness (QED) is 0.883. The molecule has 0 aliphatic carbocycles. The molecule has 0 saturated carbocycles. The summed E-state index contributed by atoms with van der Waals surface area (Å²) >= 11 is 11.0.